The number of hydrogen-bond donors (Lipinski definition) is 0. The second kappa shape index (κ2) is 5.35. The van der Waals surface area contributed by atoms with Crippen molar-refractivity contribution < 1.29 is 4.79 Å². The highest BCUT2D eigenvalue weighted by molar-refractivity contribution is 6.76. The lowest BCUT2D eigenvalue weighted by atomic mass is 9.79. The first-order valence-electron chi connectivity index (χ1n) is 7.20. The fourth-order valence-corrected chi connectivity index (χ4v) is 4.28. The third kappa shape index (κ3) is 4.13. The Bertz CT molecular complexity index is 409. The summed E-state index contributed by atoms with van der Waals surface area (Å²) < 4.78 is 0. The van der Waals surface area contributed by atoms with Crippen LogP contribution in [0.2, 0.25) is 25.7 Å². The van der Waals surface area contributed by atoms with E-state index in [1.165, 1.54) is 5.57 Å². The maximum absolute atomic E-state index is 12.5. The summed E-state index contributed by atoms with van der Waals surface area (Å²) in [4.78, 5) is 17.1. The molecule has 108 valence electrons. The van der Waals surface area contributed by atoms with Crippen LogP contribution in [-0.2, 0) is 4.79 Å². The largest absolute Gasteiger partial charge is 0.292 e. The molecular formula is C16H29NOSi. The van der Waals surface area contributed by atoms with Gasteiger partial charge < -0.3 is 0 Å². The topological polar surface area (TPSA) is 29.4 Å². The number of Topliss-reactive ketones (excluding diaryl/α,β-unsaturated/α-hetero) is 1. The molecule has 0 saturated heterocycles. The van der Waals surface area contributed by atoms with Crippen LogP contribution in [0, 0.1) is 17.3 Å². The van der Waals surface area contributed by atoms with Crippen LogP contribution in [0.3, 0.4) is 0 Å². The zero-order chi connectivity index (χ0) is 15.0. The summed E-state index contributed by atoms with van der Waals surface area (Å²) in [6.45, 7) is 20.2. The van der Waals surface area contributed by atoms with Crippen molar-refractivity contribution in [3.8, 4) is 0 Å². The molecule has 0 bridgehead atoms. The maximum Gasteiger partial charge on any atom is 0.182 e. The van der Waals surface area contributed by atoms with Gasteiger partial charge in [0.25, 0.3) is 0 Å². The summed E-state index contributed by atoms with van der Waals surface area (Å²) in [5, 5.41) is 0. The number of hydrogen-bond acceptors (Lipinski definition) is 2. The average molecular weight is 279 g/mol. The zero-order valence-corrected chi connectivity index (χ0v) is 14.6. The molecule has 1 aliphatic heterocycles. The quantitative estimate of drug-likeness (QED) is 0.560. The number of aliphatic imine (C=N–C) groups is 1. The normalized spacial score (nSPS) is 24.3. The van der Waals surface area contributed by atoms with Crippen LogP contribution in [0.25, 0.3) is 0 Å². The lowest BCUT2D eigenvalue weighted by Gasteiger charge is -2.27. The molecule has 19 heavy (non-hydrogen) atoms. The van der Waals surface area contributed by atoms with E-state index in [1.54, 1.807) is 0 Å². The van der Waals surface area contributed by atoms with Crippen LogP contribution in [0.5, 0.6) is 0 Å². The van der Waals surface area contributed by atoms with E-state index in [2.05, 4.69) is 38.1 Å². The Morgan fingerprint density at radius 2 is 1.89 bits per heavy atom. The summed E-state index contributed by atoms with van der Waals surface area (Å²) in [7, 11) is -1.19. The molecule has 3 heteroatoms. The van der Waals surface area contributed by atoms with Gasteiger partial charge in [0.15, 0.2) is 5.78 Å². The minimum Gasteiger partial charge on any atom is -0.292 e. The van der Waals surface area contributed by atoms with Gasteiger partial charge in [0, 0.05) is 26.0 Å². The Balaban J connectivity index is 2.95. The molecule has 2 atom stereocenters. The van der Waals surface area contributed by atoms with Gasteiger partial charge in [-0.15, -0.1) is 0 Å². The second-order valence-electron chi connectivity index (χ2n) is 8.16. The lowest BCUT2D eigenvalue weighted by Crippen LogP contribution is -2.35. The average Bonchev–Trinajstić information content (AvgIpc) is 2.54. The Hall–Kier alpha value is -0.703. The molecule has 0 saturated carbocycles. The van der Waals surface area contributed by atoms with Crippen molar-refractivity contribution in [2.45, 2.75) is 53.4 Å². The Morgan fingerprint density at radius 1 is 1.37 bits per heavy atom. The van der Waals surface area contributed by atoms with Gasteiger partial charge in [-0.1, -0.05) is 59.5 Å². The van der Waals surface area contributed by atoms with Crippen molar-refractivity contribution in [1.82, 2.24) is 0 Å². The third-order valence-electron chi connectivity index (χ3n) is 3.52. The van der Waals surface area contributed by atoms with Crippen molar-refractivity contribution in [3.63, 3.8) is 0 Å². The summed E-state index contributed by atoms with van der Waals surface area (Å²) in [5.74, 6) is 0.794. The summed E-state index contributed by atoms with van der Waals surface area (Å²) >= 11 is 0. The second-order valence-corrected chi connectivity index (χ2v) is 13.6. The van der Waals surface area contributed by atoms with Crippen LogP contribution in [-0.4, -0.2) is 26.1 Å². The maximum atomic E-state index is 12.5. The van der Waals surface area contributed by atoms with Crippen LogP contribution in [0.1, 0.15) is 27.7 Å². The minimum absolute atomic E-state index is 0.179. The summed E-state index contributed by atoms with van der Waals surface area (Å²) in [5.41, 5.74) is 1.66. The fourth-order valence-electron chi connectivity index (χ4n) is 2.70. The number of carbonyl (C=O) groups excluding carboxylic acids is 1. The standard InChI is InChI=1S/C16H29NOSi/c1-11-9-17-14(15(18)16(3,4)5)13(11)12(2)10-19(6,7)8/h11,13H,2,9-10H2,1,3-8H3/t11-,13-/m0/s1. The van der Waals surface area contributed by atoms with Gasteiger partial charge in [-0.05, 0) is 12.0 Å². The van der Waals surface area contributed by atoms with Crippen molar-refractivity contribution in [2.24, 2.45) is 22.2 Å². The molecule has 0 amide bonds. The van der Waals surface area contributed by atoms with Crippen LogP contribution in [0.4, 0.5) is 0 Å². The molecule has 0 N–H and O–H groups in total. The van der Waals surface area contributed by atoms with E-state index in [0.29, 0.717) is 5.92 Å². The lowest BCUT2D eigenvalue weighted by molar-refractivity contribution is -0.119. The summed E-state index contributed by atoms with van der Waals surface area (Å²) in [6.07, 6.45) is 0. The third-order valence-corrected chi connectivity index (χ3v) is 5.04. The molecule has 0 spiro atoms. The predicted molar refractivity (Wildman–Crippen MR) is 86.7 cm³/mol. The summed E-state index contributed by atoms with van der Waals surface area (Å²) in [6, 6.07) is 1.08. The molecule has 0 aromatic heterocycles. The number of nitrogens with zero attached hydrogens (tertiary/aromatic N) is 1. The van der Waals surface area contributed by atoms with Crippen molar-refractivity contribution >= 4 is 19.6 Å². The Labute approximate surface area is 119 Å². The monoisotopic (exact) mass is 279 g/mol. The van der Waals surface area contributed by atoms with E-state index < -0.39 is 8.07 Å². The first-order chi connectivity index (χ1) is 8.43. The zero-order valence-electron chi connectivity index (χ0n) is 13.6. The minimum atomic E-state index is -1.19. The van der Waals surface area contributed by atoms with E-state index in [1.807, 2.05) is 20.8 Å². The van der Waals surface area contributed by atoms with Gasteiger partial charge in [0.2, 0.25) is 0 Å². The molecule has 1 aliphatic rings. The van der Waals surface area contributed by atoms with Gasteiger partial charge >= 0.3 is 0 Å². The smallest absolute Gasteiger partial charge is 0.182 e. The van der Waals surface area contributed by atoms with Crippen molar-refractivity contribution in [2.75, 3.05) is 6.54 Å². The first-order valence-corrected chi connectivity index (χ1v) is 10.9. The predicted octanol–water partition coefficient (Wildman–Crippen LogP) is 4.20. The van der Waals surface area contributed by atoms with E-state index in [0.717, 1.165) is 18.3 Å². The van der Waals surface area contributed by atoms with Crippen LogP contribution in [0.15, 0.2) is 17.1 Å². The van der Waals surface area contributed by atoms with Gasteiger partial charge in [0.1, 0.15) is 0 Å². The number of allylic oxidation sites excluding steroid dienone is 1. The molecule has 0 unspecified atom stereocenters. The van der Waals surface area contributed by atoms with Crippen LogP contribution >= 0.6 is 0 Å². The SMILES string of the molecule is C=C(C[Si](C)(C)C)[C@H]1C(C(=O)C(C)(C)C)=NC[C@@H]1C. The highest BCUT2D eigenvalue weighted by Crippen LogP contribution is 2.34. The number of ketones is 1. The molecule has 0 fully saturated rings. The number of rotatable bonds is 4. The highest BCUT2D eigenvalue weighted by atomic mass is 28.3. The molecule has 1 heterocycles. The van der Waals surface area contributed by atoms with E-state index in [4.69, 9.17) is 0 Å². The van der Waals surface area contributed by atoms with Crippen molar-refractivity contribution in [1.29, 1.82) is 0 Å². The van der Waals surface area contributed by atoms with Crippen LogP contribution < -0.4 is 0 Å². The molecule has 0 aromatic rings. The molecule has 2 nitrogen and oxygen atoms in total. The number of carbonyl (C=O) groups is 1. The molecule has 0 radical (unpaired) electrons. The van der Waals surface area contributed by atoms with Gasteiger partial charge in [-0.2, -0.15) is 0 Å². The fraction of sp³-hybridized carbons (Fsp3) is 0.750. The van der Waals surface area contributed by atoms with E-state index in [9.17, 15) is 4.79 Å². The molecule has 0 aliphatic carbocycles. The van der Waals surface area contributed by atoms with Gasteiger partial charge in [-0.25, -0.2) is 0 Å². The molecule has 0 aromatic carbocycles. The van der Waals surface area contributed by atoms with Crippen molar-refractivity contribution in [3.05, 3.63) is 12.2 Å². The Kier molecular flexibility index (Phi) is 4.61. The van der Waals surface area contributed by atoms with Gasteiger partial charge in [0.05, 0.1) is 5.71 Å². The highest BCUT2D eigenvalue weighted by Gasteiger charge is 2.39. The molecular weight excluding hydrogens is 250 g/mol. The molecule has 1 rings (SSSR count). The van der Waals surface area contributed by atoms with E-state index >= 15 is 0 Å². The first kappa shape index (κ1) is 16.4. The van der Waals surface area contributed by atoms with E-state index in [-0.39, 0.29) is 17.1 Å². The Morgan fingerprint density at radius 3 is 2.32 bits per heavy atom. The van der Waals surface area contributed by atoms with Gasteiger partial charge in [-0.3, -0.25) is 9.79 Å².